The quantitative estimate of drug-likeness (QED) is 0.427. The van der Waals surface area contributed by atoms with Crippen molar-refractivity contribution in [1.82, 2.24) is 5.12 Å². The van der Waals surface area contributed by atoms with Gasteiger partial charge < -0.3 is 5.11 Å². The number of alkyl halides is 5. The van der Waals surface area contributed by atoms with Crippen molar-refractivity contribution in [1.29, 1.82) is 0 Å². The molecule has 0 fully saturated rings. The highest BCUT2D eigenvalue weighted by atomic mass is 19.3. The molecule has 1 N–H and O–H groups in total. The maximum absolute atomic E-state index is 13.0. The number of aliphatic carboxylic acids is 1. The number of hydrogen-bond donors (Lipinski definition) is 1. The van der Waals surface area contributed by atoms with Crippen LogP contribution in [-0.4, -0.2) is 33.8 Å². The van der Waals surface area contributed by atoms with Crippen molar-refractivity contribution >= 4 is 5.97 Å². The van der Waals surface area contributed by atoms with E-state index in [-0.39, 0.29) is 0 Å². The second kappa shape index (κ2) is 2.80. The number of allylic oxidation sites excluding steroid dienone is 1. The van der Waals surface area contributed by atoms with Crippen molar-refractivity contribution in [2.45, 2.75) is 17.6 Å². The van der Waals surface area contributed by atoms with E-state index < -0.39 is 41.0 Å². The molecule has 1 rings (SSSR count). The van der Waals surface area contributed by atoms with E-state index in [1.165, 1.54) is 0 Å². The summed E-state index contributed by atoms with van der Waals surface area (Å²) < 4.78 is 75.9. The molecular formula is C6H3F6NO2. The molecule has 0 radical (unpaired) electrons. The number of hydrogen-bond acceptors (Lipinski definition) is 2. The van der Waals surface area contributed by atoms with E-state index in [0.717, 1.165) is 0 Å². The first-order chi connectivity index (χ1) is 6.57. The number of carboxylic acids is 1. The zero-order valence-electron chi connectivity index (χ0n) is 6.73. The number of halogens is 6. The molecule has 0 aromatic rings. The highest BCUT2D eigenvalue weighted by Crippen LogP contribution is 2.50. The average molecular weight is 235 g/mol. The van der Waals surface area contributed by atoms with Crippen LogP contribution in [0.15, 0.2) is 12.3 Å². The van der Waals surface area contributed by atoms with E-state index in [9.17, 15) is 31.2 Å². The number of carboxylic acid groups (broad SMARTS) is 1. The number of carbonyl (C=O) groups is 1. The van der Waals surface area contributed by atoms with E-state index in [2.05, 4.69) is 0 Å². The Labute approximate surface area is 78.5 Å². The van der Waals surface area contributed by atoms with Gasteiger partial charge in [-0.25, -0.2) is 4.79 Å². The van der Waals surface area contributed by atoms with E-state index in [1.807, 2.05) is 0 Å². The number of rotatable bonds is 1. The summed E-state index contributed by atoms with van der Waals surface area (Å²) in [5.74, 6) is -19.0. The standard InChI is InChI=1S/C6H3F6NO2/c7-4(8)1-2-13(12)5(9,3(14)15)6(4,10)11/h1-2H,(H,14,15). The smallest absolute Gasteiger partial charge is 0.378 e. The molecule has 1 atom stereocenters. The van der Waals surface area contributed by atoms with Gasteiger partial charge in [-0.05, 0) is 0 Å². The fraction of sp³-hybridized carbons (Fsp3) is 0.500. The molecule has 0 saturated carbocycles. The monoisotopic (exact) mass is 235 g/mol. The van der Waals surface area contributed by atoms with Crippen LogP contribution >= 0.6 is 0 Å². The molecule has 0 aromatic carbocycles. The summed E-state index contributed by atoms with van der Waals surface area (Å²) in [6.07, 6.45) is -1.01. The molecule has 0 amide bonds. The molecule has 86 valence electrons. The lowest BCUT2D eigenvalue weighted by Crippen LogP contribution is -2.67. The van der Waals surface area contributed by atoms with Gasteiger partial charge in [-0.3, -0.25) is 0 Å². The molecule has 0 bridgehead atoms. The van der Waals surface area contributed by atoms with Crippen molar-refractivity contribution in [3.63, 3.8) is 0 Å². The van der Waals surface area contributed by atoms with Crippen LogP contribution in [0.4, 0.5) is 26.4 Å². The Bertz CT molecular complexity index is 330. The molecule has 1 heterocycles. The van der Waals surface area contributed by atoms with Crippen LogP contribution in [0.2, 0.25) is 0 Å². The third kappa shape index (κ3) is 1.18. The minimum Gasteiger partial charge on any atom is -0.477 e. The van der Waals surface area contributed by atoms with Gasteiger partial charge in [0, 0.05) is 12.3 Å². The van der Waals surface area contributed by atoms with Gasteiger partial charge in [-0.2, -0.15) is 27.1 Å². The third-order valence-corrected chi connectivity index (χ3v) is 1.83. The summed E-state index contributed by atoms with van der Waals surface area (Å²) in [7, 11) is 0. The zero-order valence-corrected chi connectivity index (χ0v) is 6.73. The Kier molecular flexibility index (Phi) is 2.17. The molecule has 0 aliphatic carbocycles. The topological polar surface area (TPSA) is 40.5 Å². The van der Waals surface area contributed by atoms with E-state index in [4.69, 9.17) is 5.11 Å². The lowest BCUT2D eigenvalue weighted by atomic mass is 9.97. The molecule has 15 heavy (non-hydrogen) atoms. The Balaban J connectivity index is 3.40. The Hall–Kier alpha value is -1.41. The van der Waals surface area contributed by atoms with Crippen molar-refractivity contribution in [3.8, 4) is 0 Å². The van der Waals surface area contributed by atoms with E-state index >= 15 is 0 Å². The molecule has 3 nitrogen and oxygen atoms in total. The first kappa shape index (κ1) is 11.7. The van der Waals surface area contributed by atoms with Crippen molar-refractivity contribution in [2.75, 3.05) is 0 Å². The molecule has 1 aliphatic rings. The fourth-order valence-corrected chi connectivity index (χ4v) is 0.947. The molecule has 0 aromatic heterocycles. The maximum Gasteiger partial charge on any atom is 0.378 e. The van der Waals surface area contributed by atoms with Crippen molar-refractivity contribution < 1.29 is 36.3 Å². The summed E-state index contributed by atoms with van der Waals surface area (Å²) in [6, 6.07) is 0. The molecule has 0 saturated heterocycles. The van der Waals surface area contributed by atoms with Gasteiger partial charge in [0.2, 0.25) is 0 Å². The fourth-order valence-electron chi connectivity index (χ4n) is 0.947. The Morgan fingerprint density at radius 2 is 1.67 bits per heavy atom. The highest BCUT2D eigenvalue weighted by Gasteiger charge is 2.78. The predicted molar refractivity (Wildman–Crippen MR) is 33.5 cm³/mol. The van der Waals surface area contributed by atoms with Gasteiger partial charge >= 0.3 is 23.6 Å². The minimum atomic E-state index is -5.71. The minimum absolute atomic E-state index is 0.397. The van der Waals surface area contributed by atoms with Gasteiger partial charge in [0.15, 0.2) is 0 Å². The van der Waals surface area contributed by atoms with Crippen LogP contribution in [-0.2, 0) is 4.79 Å². The van der Waals surface area contributed by atoms with Gasteiger partial charge in [-0.15, -0.1) is 0 Å². The first-order valence-corrected chi connectivity index (χ1v) is 3.40. The normalized spacial score (nSPS) is 32.8. The van der Waals surface area contributed by atoms with Gasteiger partial charge in [0.05, 0.1) is 0 Å². The largest absolute Gasteiger partial charge is 0.477 e. The molecule has 9 heteroatoms. The van der Waals surface area contributed by atoms with Gasteiger partial charge in [0.25, 0.3) is 0 Å². The second-order valence-corrected chi connectivity index (χ2v) is 2.75. The highest BCUT2D eigenvalue weighted by molar-refractivity contribution is 5.79. The van der Waals surface area contributed by atoms with E-state index in [0.29, 0.717) is 0 Å². The zero-order chi connectivity index (χ0) is 12.1. The summed E-state index contributed by atoms with van der Waals surface area (Å²) in [6.45, 7) is 0. The Morgan fingerprint density at radius 3 is 2.00 bits per heavy atom. The van der Waals surface area contributed by atoms with Crippen molar-refractivity contribution in [3.05, 3.63) is 12.3 Å². The van der Waals surface area contributed by atoms with Crippen LogP contribution < -0.4 is 0 Å². The van der Waals surface area contributed by atoms with Crippen LogP contribution in [0.1, 0.15) is 0 Å². The van der Waals surface area contributed by atoms with Gasteiger partial charge in [-0.1, -0.05) is 4.48 Å². The summed E-state index contributed by atoms with van der Waals surface area (Å²) in [4.78, 5) is 10.1. The van der Waals surface area contributed by atoms with Gasteiger partial charge in [0.1, 0.15) is 0 Å². The Morgan fingerprint density at radius 1 is 1.20 bits per heavy atom. The van der Waals surface area contributed by atoms with Crippen LogP contribution in [0.5, 0.6) is 0 Å². The molecular weight excluding hydrogens is 232 g/mol. The summed E-state index contributed by atoms with van der Waals surface area (Å²) in [5, 5.41) is 6.43. The lowest BCUT2D eigenvalue weighted by Gasteiger charge is -2.38. The summed E-state index contributed by atoms with van der Waals surface area (Å²) >= 11 is 0. The number of nitrogens with zero attached hydrogens (tertiary/aromatic N) is 1. The lowest BCUT2D eigenvalue weighted by molar-refractivity contribution is -0.317. The summed E-state index contributed by atoms with van der Waals surface area (Å²) in [5.41, 5.74) is 0. The average Bonchev–Trinajstić information content (AvgIpc) is 2.09. The molecule has 1 unspecified atom stereocenters. The third-order valence-electron chi connectivity index (χ3n) is 1.83. The predicted octanol–water partition coefficient (Wildman–Crippen LogP) is 1.72. The second-order valence-electron chi connectivity index (χ2n) is 2.75. The van der Waals surface area contributed by atoms with Crippen LogP contribution in [0.25, 0.3) is 0 Å². The first-order valence-electron chi connectivity index (χ1n) is 3.40. The molecule has 1 aliphatic heterocycles. The van der Waals surface area contributed by atoms with Crippen LogP contribution in [0, 0.1) is 0 Å². The van der Waals surface area contributed by atoms with Crippen molar-refractivity contribution in [2.24, 2.45) is 0 Å². The molecule has 0 spiro atoms. The van der Waals surface area contributed by atoms with Crippen LogP contribution in [0.3, 0.4) is 0 Å². The van der Waals surface area contributed by atoms with E-state index in [1.54, 1.807) is 0 Å². The SMILES string of the molecule is O=C(O)C1(F)N(F)C=CC(F)(F)C1(F)F. The maximum atomic E-state index is 13.0.